The molecule has 2 atom stereocenters. The van der Waals surface area contributed by atoms with Crippen molar-refractivity contribution < 1.29 is 19.6 Å². The smallest absolute Gasteiger partial charge is 0.261 e. The van der Waals surface area contributed by atoms with E-state index in [0.29, 0.717) is 0 Å². The molecule has 2 rings (SSSR count). The van der Waals surface area contributed by atoms with Gasteiger partial charge in [0.2, 0.25) is 5.92 Å². The van der Waals surface area contributed by atoms with Gasteiger partial charge < -0.3 is 0 Å². The third kappa shape index (κ3) is 2.10. The van der Waals surface area contributed by atoms with Gasteiger partial charge in [-0.05, 0) is 5.56 Å². The van der Waals surface area contributed by atoms with Gasteiger partial charge in [-0.3, -0.25) is 25.6 Å². The van der Waals surface area contributed by atoms with E-state index in [1.165, 1.54) is 18.2 Å². The van der Waals surface area contributed by atoms with E-state index in [1.807, 2.05) is 0 Å². The van der Waals surface area contributed by atoms with Crippen LogP contribution in [0.5, 0.6) is 0 Å². The third-order valence-electron chi connectivity index (χ3n) is 2.76. The highest BCUT2D eigenvalue weighted by molar-refractivity contribution is 5.56. The monoisotopic (exact) mass is 279 g/mol. The van der Waals surface area contributed by atoms with Gasteiger partial charge in [-0.2, -0.15) is 0 Å². The number of hydrogen-bond acceptors (Lipinski definition) is 7. The SMILES string of the molecule is N=C=C1C(c2cccc([N+](=O)[O-])c2)C([N+](=O)[O-])O[N+]1=O. The molecule has 1 saturated heterocycles. The molecule has 1 N–H and O–H groups in total. The molecule has 0 saturated carbocycles. The molecule has 10 nitrogen and oxygen atoms in total. The molecule has 0 spiro atoms. The number of nitrogens with zero attached hydrogens (tertiary/aromatic N) is 3. The highest BCUT2D eigenvalue weighted by atomic mass is 16.8. The average Bonchev–Trinajstić information content (AvgIpc) is 2.75. The maximum absolute atomic E-state index is 11.4. The van der Waals surface area contributed by atoms with Gasteiger partial charge >= 0.3 is 11.9 Å². The molecule has 20 heavy (non-hydrogen) atoms. The number of non-ortho nitro benzene ring substituents is 1. The Bertz CT molecular complexity index is 665. The summed E-state index contributed by atoms with van der Waals surface area (Å²) in [6.45, 7) is 0. The van der Waals surface area contributed by atoms with Crippen LogP contribution < -0.4 is 0 Å². The Morgan fingerprint density at radius 1 is 1.35 bits per heavy atom. The summed E-state index contributed by atoms with van der Waals surface area (Å²) in [6.07, 6.45) is -1.75. The number of nitrogens with one attached hydrogen (secondary N) is 1. The number of hydrogen-bond donors (Lipinski definition) is 1. The van der Waals surface area contributed by atoms with Crippen molar-refractivity contribution in [1.29, 1.82) is 5.41 Å². The topological polar surface area (TPSA) is 139 Å². The second-order valence-corrected chi connectivity index (χ2v) is 3.88. The van der Waals surface area contributed by atoms with Gasteiger partial charge in [0.15, 0.2) is 0 Å². The molecule has 0 aromatic heterocycles. The van der Waals surface area contributed by atoms with Crippen LogP contribution in [0.15, 0.2) is 30.0 Å². The maximum atomic E-state index is 11.4. The van der Waals surface area contributed by atoms with Gasteiger partial charge in [-0.25, -0.2) is 0 Å². The first-order valence-corrected chi connectivity index (χ1v) is 5.27. The Kier molecular flexibility index (Phi) is 3.23. The second kappa shape index (κ2) is 4.86. The molecule has 0 aliphatic carbocycles. The van der Waals surface area contributed by atoms with Crippen LogP contribution in [-0.2, 0) is 4.84 Å². The normalized spacial score (nSPS) is 21.2. The summed E-state index contributed by atoms with van der Waals surface area (Å²) in [5, 5.41) is 28.6. The van der Waals surface area contributed by atoms with E-state index >= 15 is 0 Å². The summed E-state index contributed by atoms with van der Waals surface area (Å²) >= 11 is 0. The van der Waals surface area contributed by atoms with Gasteiger partial charge in [0.05, 0.1) is 20.6 Å². The fourth-order valence-corrected chi connectivity index (χ4v) is 1.90. The summed E-state index contributed by atoms with van der Waals surface area (Å²) in [6, 6.07) is 5.03. The van der Waals surface area contributed by atoms with Crippen molar-refractivity contribution in [3.05, 3.63) is 60.7 Å². The Labute approximate surface area is 110 Å². The second-order valence-electron chi connectivity index (χ2n) is 3.88. The Morgan fingerprint density at radius 2 is 2.05 bits per heavy atom. The van der Waals surface area contributed by atoms with Gasteiger partial charge in [0, 0.05) is 12.1 Å². The van der Waals surface area contributed by atoms with E-state index in [0.717, 1.165) is 6.07 Å². The van der Waals surface area contributed by atoms with Crippen LogP contribution in [0.4, 0.5) is 5.69 Å². The minimum absolute atomic E-state index is 0.133. The van der Waals surface area contributed by atoms with E-state index in [9.17, 15) is 25.1 Å². The Hall–Kier alpha value is -3.13. The summed E-state index contributed by atoms with van der Waals surface area (Å²) in [4.78, 5) is 35.8. The quantitative estimate of drug-likeness (QED) is 0.499. The Balaban J connectivity index is 2.54. The van der Waals surface area contributed by atoms with Gasteiger partial charge in [0.25, 0.3) is 10.6 Å². The van der Waals surface area contributed by atoms with E-state index in [4.69, 9.17) is 5.41 Å². The molecule has 10 heteroatoms. The molecular formula is C10H7N4O6+. The fraction of sp³-hybridized carbons (Fsp3) is 0.200. The van der Waals surface area contributed by atoms with Crippen LogP contribution in [0.1, 0.15) is 11.5 Å². The van der Waals surface area contributed by atoms with Crippen molar-refractivity contribution in [3.8, 4) is 0 Å². The van der Waals surface area contributed by atoms with Crippen LogP contribution in [-0.4, -0.2) is 26.9 Å². The lowest BCUT2D eigenvalue weighted by molar-refractivity contribution is -0.804. The molecule has 1 aromatic carbocycles. The Morgan fingerprint density at radius 3 is 2.60 bits per heavy atom. The predicted molar refractivity (Wildman–Crippen MR) is 62.6 cm³/mol. The number of nitro groups is 2. The third-order valence-corrected chi connectivity index (χ3v) is 2.76. The zero-order chi connectivity index (χ0) is 14.9. The molecule has 0 bridgehead atoms. The molecule has 1 aliphatic heterocycles. The van der Waals surface area contributed by atoms with E-state index < -0.39 is 27.7 Å². The maximum Gasteiger partial charge on any atom is 0.434 e. The van der Waals surface area contributed by atoms with E-state index in [1.54, 1.807) is 5.87 Å². The zero-order valence-corrected chi connectivity index (χ0v) is 9.76. The molecule has 2 unspecified atom stereocenters. The lowest BCUT2D eigenvalue weighted by Gasteiger charge is -2.04. The van der Waals surface area contributed by atoms with Crippen molar-refractivity contribution in [2.45, 2.75) is 12.1 Å². The summed E-state index contributed by atoms with van der Waals surface area (Å²) in [7, 11) is 0. The molecule has 1 aliphatic rings. The van der Waals surface area contributed by atoms with Crippen molar-refractivity contribution >= 4 is 11.6 Å². The highest BCUT2D eigenvalue weighted by Crippen LogP contribution is 2.36. The average molecular weight is 279 g/mol. The number of nitro benzene ring substituents is 1. The standard InChI is InChI=1S/C10H7N4O6/c11-5-8-9(10(13(17)18)20-14(8)19)6-2-1-3-7(4-6)12(15)16/h1-4,9-11H/q+1. The highest BCUT2D eigenvalue weighted by Gasteiger charge is 2.58. The predicted octanol–water partition coefficient (Wildman–Crippen LogP) is 1.14. The summed E-state index contributed by atoms with van der Waals surface area (Å²) in [5.74, 6) is 0.554. The minimum Gasteiger partial charge on any atom is -0.261 e. The van der Waals surface area contributed by atoms with Gasteiger partial charge in [-0.1, -0.05) is 12.1 Å². The van der Waals surface area contributed by atoms with Crippen LogP contribution in [0.2, 0.25) is 0 Å². The zero-order valence-electron chi connectivity index (χ0n) is 9.76. The largest absolute Gasteiger partial charge is 0.434 e. The van der Waals surface area contributed by atoms with Crippen molar-refractivity contribution in [3.63, 3.8) is 0 Å². The van der Waals surface area contributed by atoms with Gasteiger partial charge in [-0.15, -0.1) is 4.84 Å². The lowest BCUT2D eigenvalue weighted by atomic mass is 9.95. The van der Waals surface area contributed by atoms with E-state index in [2.05, 4.69) is 4.84 Å². The number of rotatable bonds is 3. The van der Waals surface area contributed by atoms with Crippen LogP contribution in [0.25, 0.3) is 0 Å². The first-order valence-electron chi connectivity index (χ1n) is 5.27. The van der Waals surface area contributed by atoms with Crippen molar-refractivity contribution in [2.24, 2.45) is 0 Å². The van der Waals surface area contributed by atoms with Crippen molar-refractivity contribution in [1.82, 2.24) is 0 Å². The molecular weight excluding hydrogens is 272 g/mol. The molecule has 102 valence electrons. The molecule has 1 aromatic rings. The first kappa shape index (κ1) is 13.3. The lowest BCUT2D eigenvalue weighted by Crippen LogP contribution is -2.25. The first-order chi connectivity index (χ1) is 9.45. The van der Waals surface area contributed by atoms with E-state index in [-0.39, 0.29) is 16.2 Å². The number of benzene rings is 1. The molecule has 0 radical (unpaired) electrons. The summed E-state index contributed by atoms with van der Waals surface area (Å²) in [5.41, 5.74) is -0.556. The van der Waals surface area contributed by atoms with Crippen molar-refractivity contribution in [2.75, 3.05) is 0 Å². The van der Waals surface area contributed by atoms with Crippen LogP contribution in [0, 0.1) is 30.5 Å². The fourth-order valence-electron chi connectivity index (χ4n) is 1.90. The van der Waals surface area contributed by atoms with Crippen LogP contribution in [0.3, 0.4) is 0 Å². The molecule has 1 heterocycles. The molecule has 0 amide bonds. The minimum atomic E-state index is -1.75. The molecule has 1 fully saturated rings. The summed E-state index contributed by atoms with van der Waals surface area (Å²) < 4.78 is 0. The van der Waals surface area contributed by atoms with Gasteiger partial charge in [0.1, 0.15) is 0 Å². The van der Waals surface area contributed by atoms with Crippen LogP contribution >= 0.6 is 0 Å².